The van der Waals surface area contributed by atoms with E-state index in [0.29, 0.717) is 25.9 Å². The molecular weight excluding hydrogens is 304 g/mol. The highest BCUT2D eigenvalue weighted by atomic mass is 16.2. The van der Waals surface area contributed by atoms with Crippen LogP contribution in [0.25, 0.3) is 0 Å². The van der Waals surface area contributed by atoms with Crippen molar-refractivity contribution in [1.29, 1.82) is 10.5 Å². The molecule has 2 heterocycles. The number of amides is 2. The Kier molecular flexibility index (Phi) is 4.33. The molecule has 2 aliphatic heterocycles. The summed E-state index contributed by atoms with van der Waals surface area (Å²) in [6, 6.07) is 14.1. The highest BCUT2D eigenvalue weighted by Crippen LogP contribution is 2.47. The fraction of sp³-hybridized carbons (Fsp3) is 0.444. The van der Waals surface area contributed by atoms with E-state index in [1.807, 2.05) is 30.3 Å². The van der Waals surface area contributed by atoms with E-state index < -0.39 is 29.1 Å². The van der Waals surface area contributed by atoms with Crippen molar-refractivity contribution in [3.05, 3.63) is 35.9 Å². The first-order valence-electron chi connectivity index (χ1n) is 8.01. The number of piperidine rings is 2. The van der Waals surface area contributed by atoms with Crippen LogP contribution in [0.3, 0.4) is 0 Å². The molecule has 1 N–H and O–H groups in total. The lowest BCUT2D eigenvalue weighted by atomic mass is 9.59. The third-order valence-corrected chi connectivity index (χ3v) is 5.21. The van der Waals surface area contributed by atoms with Crippen LogP contribution in [0.4, 0.5) is 0 Å². The SMILES string of the molecule is N#C[C@@H]1C(=O)NC(=O)[C@H](C#N)C12CCN(Cc1ccccc1)CC2. The fourth-order valence-electron chi connectivity index (χ4n) is 3.88. The van der Waals surface area contributed by atoms with Crippen LogP contribution in [-0.2, 0) is 16.1 Å². The summed E-state index contributed by atoms with van der Waals surface area (Å²) in [6.45, 7) is 2.10. The van der Waals surface area contributed by atoms with E-state index in [2.05, 4.69) is 22.3 Å². The molecule has 2 saturated heterocycles. The maximum atomic E-state index is 12.1. The van der Waals surface area contributed by atoms with Crippen molar-refractivity contribution in [2.45, 2.75) is 19.4 Å². The average molecular weight is 322 g/mol. The molecule has 6 heteroatoms. The Balaban J connectivity index is 1.78. The second-order valence-corrected chi connectivity index (χ2v) is 6.47. The van der Waals surface area contributed by atoms with Gasteiger partial charge in [-0.15, -0.1) is 0 Å². The third kappa shape index (κ3) is 2.66. The molecular formula is C18H18N4O2. The van der Waals surface area contributed by atoms with Crippen molar-refractivity contribution in [1.82, 2.24) is 10.2 Å². The molecule has 24 heavy (non-hydrogen) atoms. The van der Waals surface area contributed by atoms with Gasteiger partial charge in [-0.1, -0.05) is 30.3 Å². The highest BCUT2D eigenvalue weighted by molar-refractivity contribution is 6.03. The molecule has 1 aromatic carbocycles. The van der Waals surface area contributed by atoms with Crippen LogP contribution in [0.5, 0.6) is 0 Å². The minimum Gasteiger partial charge on any atom is -0.299 e. The summed E-state index contributed by atoms with van der Waals surface area (Å²) in [6.07, 6.45) is 0.991. The number of rotatable bonds is 2. The van der Waals surface area contributed by atoms with E-state index in [1.54, 1.807) is 0 Å². The summed E-state index contributed by atoms with van der Waals surface area (Å²) in [5.41, 5.74) is 0.329. The van der Waals surface area contributed by atoms with Crippen molar-refractivity contribution in [3.8, 4) is 12.1 Å². The second-order valence-electron chi connectivity index (χ2n) is 6.47. The zero-order valence-electron chi connectivity index (χ0n) is 13.2. The van der Waals surface area contributed by atoms with Crippen LogP contribution >= 0.6 is 0 Å². The monoisotopic (exact) mass is 322 g/mol. The molecule has 3 rings (SSSR count). The maximum Gasteiger partial charge on any atom is 0.244 e. The number of hydrogen-bond donors (Lipinski definition) is 1. The Morgan fingerprint density at radius 3 is 2.08 bits per heavy atom. The van der Waals surface area contributed by atoms with E-state index in [9.17, 15) is 20.1 Å². The van der Waals surface area contributed by atoms with Gasteiger partial charge in [-0.3, -0.25) is 19.8 Å². The summed E-state index contributed by atoms with van der Waals surface area (Å²) in [7, 11) is 0. The molecule has 0 aromatic heterocycles. The summed E-state index contributed by atoms with van der Waals surface area (Å²) < 4.78 is 0. The number of hydrogen-bond acceptors (Lipinski definition) is 5. The van der Waals surface area contributed by atoms with Gasteiger partial charge in [-0.25, -0.2) is 0 Å². The van der Waals surface area contributed by atoms with E-state index in [-0.39, 0.29) is 0 Å². The number of carbonyl (C=O) groups excluding carboxylic acids is 2. The zero-order chi connectivity index (χ0) is 17.2. The van der Waals surface area contributed by atoms with Crippen LogP contribution in [0.15, 0.2) is 30.3 Å². The summed E-state index contributed by atoms with van der Waals surface area (Å²) in [5.74, 6) is -3.02. The molecule has 1 spiro atoms. The van der Waals surface area contributed by atoms with Gasteiger partial charge in [0.05, 0.1) is 12.1 Å². The van der Waals surface area contributed by atoms with E-state index in [4.69, 9.17) is 0 Å². The predicted octanol–water partition coefficient (Wildman–Crippen LogP) is 1.20. The molecule has 0 bridgehead atoms. The first-order valence-corrected chi connectivity index (χ1v) is 8.01. The van der Waals surface area contributed by atoms with E-state index >= 15 is 0 Å². The van der Waals surface area contributed by atoms with E-state index in [1.165, 1.54) is 5.56 Å². The third-order valence-electron chi connectivity index (χ3n) is 5.21. The molecule has 1 aromatic rings. The van der Waals surface area contributed by atoms with Crippen LogP contribution < -0.4 is 5.32 Å². The summed E-state index contributed by atoms with van der Waals surface area (Å²) in [5, 5.41) is 21.0. The molecule has 122 valence electrons. The molecule has 0 radical (unpaired) electrons. The zero-order valence-corrected chi connectivity index (χ0v) is 13.2. The standard InChI is InChI=1S/C18H18N4O2/c19-10-14-16(23)21-17(24)15(11-20)18(14)6-8-22(9-7-18)12-13-4-2-1-3-5-13/h1-5,14-15H,6-9,12H2,(H,21,23,24)/t14-,15+. The quantitative estimate of drug-likeness (QED) is 0.825. The van der Waals surface area contributed by atoms with Crippen molar-refractivity contribution in [2.75, 3.05) is 13.1 Å². The van der Waals surface area contributed by atoms with Gasteiger partial charge < -0.3 is 0 Å². The highest BCUT2D eigenvalue weighted by Gasteiger charge is 2.57. The summed E-state index contributed by atoms with van der Waals surface area (Å²) in [4.78, 5) is 26.4. The topological polar surface area (TPSA) is 97.0 Å². The fourth-order valence-corrected chi connectivity index (χ4v) is 3.88. The Hall–Kier alpha value is -2.70. The van der Waals surface area contributed by atoms with Crippen molar-refractivity contribution in [2.24, 2.45) is 17.3 Å². The number of likely N-dealkylation sites (tertiary alicyclic amines) is 1. The maximum absolute atomic E-state index is 12.1. The molecule has 0 saturated carbocycles. The Morgan fingerprint density at radius 1 is 1.04 bits per heavy atom. The first-order chi connectivity index (χ1) is 11.6. The lowest BCUT2D eigenvalue weighted by molar-refractivity contribution is -0.147. The number of carbonyl (C=O) groups is 2. The number of nitriles is 2. The van der Waals surface area contributed by atoms with Gasteiger partial charge in [0.25, 0.3) is 0 Å². The van der Waals surface area contributed by atoms with Crippen molar-refractivity contribution < 1.29 is 9.59 Å². The predicted molar refractivity (Wildman–Crippen MR) is 84.7 cm³/mol. The number of nitrogens with zero attached hydrogens (tertiary/aromatic N) is 3. The number of benzene rings is 1. The Morgan fingerprint density at radius 2 is 1.58 bits per heavy atom. The van der Waals surface area contributed by atoms with Crippen molar-refractivity contribution >= 4 is 11.8 Å². The molecule has 6 nitrogen and oxygen atoms in total. The van der Waals surface area contributed by atoms with Gasteiger partial charge in [-0.05, 0) is 31.5 Å². The lowest BCUT2D eigenvalue weighted by Gasteiger charge is -2.47. The van der Waals surface area contributed by atoms with E-state index in [0.717, 1.165) is 6.54 Å². The molecule has 2 amide bonds. The van der Waals surface area contributed by atoms with Gasteiger partial charge in [-0.2, -0.15) is 10.5 Å². The van der Waals surface area contributed by atoms with Crippen LogP contribution in [0.1, 0.15) is 18.4 Å². The molecule has 2 atom stereocenters. The lowest BCUT2D eigenvalue weighted by Crippen LogP contribution is -2.60. The second kappa shape index (κ2) is 6.43. The Bertz CT molecular complexity index is 690. The van der Waals surface area contributed by atoms with Gasteiger partial charge >= 0.3 is 0 Å². The average Bonchev–Trinajstić information content (AvgIpc) is 2.58. The largest absolute Gasteiger partial charge is 0.299 e. The van der Waals surface area contributed by atoms with Gasteiger partial charge in [0.15, 0.2) is 0 Å². The van der Waals surface area contributed by atoms with Crippen LogP contribution in [0, 0.1) is 39.9 Å². The van der Waals surface area contributed by atoms with Gasteiger partial charge in [0, 0.05) is 12.0 Å². The van der Waals surface area contributed by atoms with Crippen molar-refractivity contribution in [3.63, 3.8) is 0 Å². The number of imide groups is 1. The van der Waals surface area contributed by atoms with Crippen LogP contribution in [0.2, 0.25) is 0 Å². The first kappa shape index (κ1) is 16.2. The minimum atomic E-state index is -0.946. The Labute approximate surface area is 140 Å². The number of nitrogens with one attached hydrogen (secondary N) is 1. The van der Waals surface area contributed by atoms with Crippen LogP contribution in [-0.4, -0.2) is 29.8 Å². The smallest absolute Gasteiger partial charge is 0.244 e. The molecule has 2 aliphatic rings. The molecule has 2 fully saturated rings. The molecule has 0 unspecified atom stereocenters. The van der Waals surface area contributed by atoms with Gasteiger partial charge in [0.2, 0.25) is 11.8 Å². The normalized spacial score (nSPS) is 26.4. The molecule has 0 aliphatic carbocycles. The van der Waals surface area contributed by atoms with Gasteiger partial charge in [0.1, 0.15) is 11.8 Å². The minimum absolute atomic E-state index is 0.495. The summed E-state index contributed by atoms with van der Waals surface area (Å²) >= 11 is 0.